The van der Waals surface area contributed by atoms with Gasteiger partial charge in [0, 0.05) is 23.4 Å². The van der Waals surface area contributed by atoms with Crippen LogP contribution in [0.15, 0.2) is 77.6 Å². The highest BCUT2D eigenvalue weighted by molar-refractivity contribution is 7.99. The van der Waals surface area contributed by atoms with Gasteiger partial charge in [0.1, 0.15) is 11.4 Å². The van der Waals surface area contributed by atoms with Gasteiger partial charge in [-0.25, -0.2) is 4.98 Å². The Kier molecular flexibility index (Phi) is 6.54. The largest absolute Gasteiger partial charge is 0.316 e. The fourth-order valence-corrected chi connectivity index (χ4v) is 4.27. The van der Waals surface area contributed by atoms with E-state index >= 15 is 0 Å². The SMILES string of the molecule is CCN(C(=O)CSc1nnc(-c2ccccc2)c(-c2ccccc2)n1)C1=CCCC1. The molecule has 1 aromatic heterocycles. The summed E-state index contributed by atoms with van der Waals surface area (Å²) in [4.78, 5) is 19.4. The van der Waals surface area contributed by atoms with Gasteiger partial charge in [0.2, 0.25) is 11.1 Å². The summed E-state index contributed by atoms with van der Waals surface area (Å²) < 4.78 is 0. The van der Waals surface area contributed by atoms with Crippen molar-refractivity contribution in [2.75, 3.05) is 12.3 Å². The molecule has 1 amide bonds. The monoisotopic (exact) mass is 416 g/mol. The average molecular weight is 417 g/mol. The molecule has 0 saturated carbocycles. The lowest BCUT2D eigenvalue weighted by molar-refractivity contribution is -0.126. The van der Waals surface area contributed by atoms with Crippen molar-refractivity contribution in [1.29, 1.82) is 0 Å². The van der Waals surface area contributed by atoms with Crippen LogP contribution in [0.5, 0.6) is 0 Å². The number of hydrogen-bond donors (Lipinski definition) is 0. The van der Waals surface area contributed by atoms with Crippen LogP contribution in [0.1, 0.15) is 26.2 Å². The minimum atomic E-state index is 0.0904. The molecule has 0 bridgehead atoms. The Hall–Kier alpha value is -2.99. The Balaban J connectivity index is 1.58. The van der Waals surface area contributed by atoms with E-state index in [-0.39, 0.29) is 5.91 Å². The highest BCUT2D eigenvalue weighted by Gasteiger charge is 2.20. The maximum absolute atomic E-state index is 12.8. The molecule has 1 aliphatic rings. The molecule has 0 spiro atoms. The number of allylic oxidation sites excluding steroid dienone is 2. The van der Waals surface area contributed by atoms with Crippen LogP contribution in [0.4, 0.5) is 0 Å². The summed E-state index contributed by atoms with van der Waals surface area (Å²) in [7, 11) is 0. The van der Waals surface area contributed by atoms with Gasteiger partial charge in [-0.3, -0.25) is 4.79 Å². The first-order valence-electron chi connectivity index (χ1n) is 10.2. The van der Waals surface area contributed by atoms with Gasteiger partial charge in [-0.05, 0) is 26.2 Å². The van der Waals surface area contributed by atoms with Gasteiger partial charge >= 0.3 is 0 Å². The third kappa shape index (κ3) is 4.60. The number of nitrogens with zero attached hydrogens (tertiary/aromatic N) is 4. The van der Waals surface area contributed by atoms with Crippen LogP contribution in [-0.4, -0.2) is 38.3 Å². The first kappa shape index (κ1) is 20.3. The molecule has 1 aliphatic carbocycles. The molecule has 0 atom stereocenters. The molecule has 0 radical (unpaired) electrons. The standard InChI is InChI=1S/C24H24N4OS/c1-2-28(20-15-9-10-16-20)21(29)17-30-24-25-22(18-11-5-3-6-12-18)23(26-27-24)19-13-7-4-8-14-19/h3-8,11-15H,2,9-10,16-17H2,1H3. The van der Waals surface area contributed by atoms with Crippen LogP contribution < -0.4 is 0 Å². The molecule has 2 aromatic carbocycles. The Morgan fingerprint density at radius 2 is 1.63 bits per heavy atom. The maximum Gasteiger partial charge on any atom is 0.237 e. The maximum atomic E-state index is 12.8. The van der Waals surface area contributed by atoms with Crippen molar-refractivity contribution in [2.24, 2.45) is 0 Å². The minimum Gasteiger partial charge on any atom is -0.316 e. The number of amides is 1. The van der Waals surface area contributed by atoms with E-state index in [0.717, 1.165) is 47.5 Å². The van der Waals surface area contributed by atoms with Crippen LogP contribution >= 0.6 is 11.8 Å². The summed E-state index contributed by atoms with van der Waals surface area (Å²) in [6.07, 6.45) is 5.33. The van der Waals surface area contributed by atoms with Crippen molar-refractivity contribution in [1.82, 2.24) is 20.1 Å². The van der Waals surface area contributed by atoms with Gasteiger partial charge in [-0.2, -0.15) is 0 Å². The molecule has 5 nitrogen and oxygen atoms in total. The topological polar surface area (TPSA) is 59.0 Å². The summed E-state index contributed by atoms with van der Waals surface area (Å²) in [5.74, 6) is 0.388. The fraction of sp³-hybridized carbons (Fsp3) is 0.250. The molecule has 0 saturated heterocycles. The van der Waals surface area contributed by atoms with Crippen LogP contribution in [0.25, 0.3) is 22.5 Å². The third-order valence-corrected chi connectivity index (χ3v) is 5.89. The molecule has 0 fully saturated rings. The average Bonchev–Trinajstić information content (AvgIpc) is 3.34. The lowest BCUT2D eigenvalue weighted by Crippen LogP contribution is -2.31. The molecule has 0 N–H and O–H groups in total. The Morgan fingerprint density at radius 1 is 0.967 bits per heavy atom. The highest BCUT2D eigenvalue weighted by atomic mass is 32.2. The second kappa shape index (κ2) is 9.67. The molecule has 30 heavy (non-hydrogen) atoms. The molecule has 3 aromatic rings. The van der Waals surface area contributed by atoms with Crippen molar-refractivity contribution in [2.45, 2.75) is 31.3 Å². The van der Waals surface area contributed by atoms with E-state index in [2.05, 4.69) is 16.3 Å². The second-order valence-corrected chi connectivity index (χ2v) is 7.98. The summed E-state index contributed by atoms with van der Waals surface area (Å²) in [6, 6.07) is 19.9. The Morgan fingerprint density at radius 3 is 2.23 bits per heavy atom. The number of benzene rings is 2. The van der Waals surface area contributed by atoms with Crippen molar-refractivity contribution in [3.8, 4) is 22.5 Å². The van der Waals surface area contributed by atoms with E-state index in [1.54, 1.807) is 0 Å². The molecular weight excluding hydrogens is 392 g/mol. The van der Waals surface area contributed by atoms with E-state index < -0.39 is 0 Å². The molecule has 4 rings (SSSR count). The van der Waals surface area contributed by atoms with Crippen LogP contribution in [0, 0.1) is 0 Å². The number of carbonyl (C=O) groups is 1. The van der Waals surface area contributed by atoms with Gasteiger partial charge in [0.05, 0.1) is 5.75 Å². The number of hydrogen-bond acceptors (Lipinski definition) is 5. The van der Waals surface area contributed by atoms with Crippen molar-refractivity contribution in [3.05, 3.63) is 72.4 Å². The normalized spacial score (nSPS) is 13.2. The lowest BCUT2D eigenvalue weighted by Gasteiger charge is -2.22. The van der Waals surface area contributed by atoms with E-state index in [0.29, 0.717) is 17.5 Å². The zero-order valence-corrected chi connectivity index (χ0v) is 17.8. The first-order chi connectivity index (χ1) is 14.8. The zero-order valence-electron chi connectivity index (χ0n) is 17.0. The fourth-order valence-electron chi connectivity index (χ4n) is 3.60. The van der Waals surface area contributed by atoms with E-state index in [9.17, 15) is 4.79 Å². The van der Waals surface area contributed by atoms with Crippen molar-refractivity contribution < 1.29 is 4.79 Å². The summed E-state index contributed by atoms with van der Waals surface area (Å²) in [5, 5.41) is 9.30. The predicted octanol–water partition coefficient (Wildman–Crippen LogP) is 5.21. The number of rotatable bonds is 7. The molecule has 6 heteroatoms. The van der Waals surface area contributed by atoms with Gasteiger partial charge in [-0.15, -0.1) is 10.2 Å². The summed E-state index contributed by atoms with van der Waals surface area (Å²) >= 11 is 1.34. The third-order valence-electron chi connectivity index (χ3n) is 5.07. The Bertz CT molecular complexity index is 1040. The number of thioether (sulfide) groups is 1. The van der Waals surface area contributed by atoms with Crippen molar-refractivity contribution >= 4 is 17.7 Å². The second-order valence-electron chi connectivity index (χ2n) is 7.04. The van der Waals surface area contributed by atoms with Gasteiger partial charge in [0.15, 0.2) is 0 Å². The van der Waals surface area contributed by atoms with E-state index in [1.807, 2.05) is 72.5 Å². The molecular formula is C24H24N4OS. The predicted molar refractivity (Wildman–Crippen MR) is 121 cm³/mol. The van der Waals surface area contributed by atoms with Gasteiger partial charge in [-0.1, -0.05) is 78.5 Å². The molecule has 0 unspecified atom stereocenters. The van der Waals surface area contributed by atoms with E-state index in [1.165, 1.54) is 11.8 Å². The highest BCUT2D eigenvalue weighted by Crippen LogP contribution is 2.30. The lowest BCUT2D eigenvalue weighted by atomic mass is 10.0. The quantitative estimate of drug-likeness (QED) is 0.495. The van der Waals surface area contributed by atoms with Crippen LogP contribution in [0.3, 0.4) is 0 Å². The van der Waals surface area contributed by atoms with E-state index in [4.69, 9.17) is 4.98 Å². The van der Waals surface area contributed by atoms with Gasteiger partial charge < -0.3 is 4.90 Å². The minimum absolute atomic E-state index is 0.0904. The smallest absolute Gasteiger partial charge is 0.237 e. The Labute approximate surface area is 181 Å². The summed E-state index contributed by atoms with van der Waals surface area (Å²) in [6.45, 7) is 2.70. The van der Waals surface area contributed by atoms with Gasteiger partial charge in [0.25, 0.3) is 0 Å². The van der Waals surface area contributed by atoms with Crippen LogP contribution in [0.2, 0.25) is 0 Å². The van der Waals surface area contributed by atoms with Crippen LogP contribution in [-0.2, 0) is 4.79 Å². The first-order valence-corrected chi connectivity index (χ1v) is 11.2. The molecule has 152 valence electrons. The number of aromatic nitrogens is 3. The van der Waals surface area contributed by atoms with Crippen molar-refractivity contribution in [3.63, 3.8) is 0 Å². The number of carbonyl (C=O) groups excluding carboxylic acids is 1. The summed E-state index contributed by atoms with van der Waals surface area (Å²) in [5.41, 5.74) is 4.60. The molecule has 0 aliphatic heterocycles. The molecule has 1 heterocycles. The zero-order chi connectivity index (χ0) is 20.8.